The molecule has 0 radical (unpaired) electrons. The van der Waals surface area contributed by atoms with Gasteiger partial charge in [0.1, 0.15) is 11.7 Å². The van der Waals surface area contributed by atoms with E-state index in [-0.39, 0.29) is 5.82 Å². The maximum atomic E-state index is 13.1. The van der Waals surface area contributed by atoms with Crippen molar-refractivity contribution in [1.29, 1.82) is 0 Å². The molecule has 1 aromatic carbocycles. The number of halogens is 1. The molecule has 0 unspecified atom stereocenters. The molecule has 3 rings (SSSR count). The minimum Gasteiger partial charge on any atom is -0.472 e. The molecule has 34 heavy (non-hydrogen) atoms. The molecule has 0 saturated carbocycles. The Kier molecular flexibility index (Phi) is 9.32. The standard InChI is InChI=1S/C28H33FN4O/c1-20(2)16-26(21(3)30-4)28(33-17-23-13-15-34-19-23)31-14-5-6-22-7-9-24(10-8-22)27-12-11-25(29)18-32-27/h7-13,15,18-20H,4-6,14,16-17H2,1-3H3,(H,31,33)/b26-21-. The number of allylic oxidation sites excluding steroid dienone is 1. The molecule has 2 heterocycles. The number of aryl methyl sites for hydroxylation is 1. The van der Waals surface area contributed by atoms with E-state index in [1.165, 1.54) is 17.8 Å². The number of aliphatic imine (C=N–C) groups is 2. The lowest BCUT2D eigenvalue weighted by atomic mass is 10.00. The van der Waals surface area contributed by atoms with Gasteiger partial charge in [-0.2, -0.15) is 0 Å². The summed E-state index contributed by atoms with van der Waals surface area (Å²) in [5.41, 5.74) is 6.02. The lowest BCUT2D eigenvalue weighted by molar-refractivity contribution is 0.564. The second-order valence-electron chi connectivity index (χ2n) is 8.71. The zero-order valence-electron chi connectivity index (χ0n) is 20.2. The van der Waals surface area contributed by atoms with Crippen molar-refractivity contribution in [2.24, 2.45) is 15.9 Å². The van der Waals surface area contributed by atoms with Gasteiger partial charge in [0.25, 0.3) is 0 Å². The number of furan rings is 1. The van der Waals surface area contributed by atoms with Crippen molar-refractivity contribution in [1.82, 2.24) is 10.3 Å². The van der Waals surface area contributed by atoms with Gasteiger partial charge >= 0.3 is 0 Å². The van der Waals surface area contributed by atoms with E-state index in [1.807, 2.05) is 25.1 Å². The predicted octanol–water partition coefficient (Wildman–Crippen LogP) is 6.62. The van der Waals surface area contributed by atoms with Crippen molar-refractivity contribution < 1.29 is 8.81 Å². The molecule has 0 spiro atoms. The summed E-state index contributed by atoms with van der Waals surface area (Å²) in [6.07, 6.45) is 7.39. The highest BCUT2D eigenvalue weighted by molar-refractivity contribution is 5.99. The van der Waals surface area contributed by atoms with E-state index in [1.54, 1.807) is 18.6 Å². The minimum atomic E-state index is -0.328. The van der Waals surface area contributed by atoms with Crippen LogP contribution in [0.1, 0.15) is 44.7 Å². The van der Waals surface area contributed by atoms with Crippen LogP contribution < -0.4 is 5.32 Å². The number of rotatable bonds is 11. The normalized spacial score (nSPS) is 12.6. The number of benzene rings is 1. The monoisotopic (exact) mass is 460 g/mol. The third-order valence-electron chi connectivity index (χ3n) is 5.48. The SMILES string of the molecule is C=N/C(C)=C(/CC(C)C)C(=NCc1ccoc1)NCCCc1ccc(-c2ccc(F)cn2)cc1. The van der Waals surface area contributed by atoms with Gasteiger partial charge in [0.05, 0.1) is 31.0 Å². The highest BCUT2D eigenvalue weighted by Crippen LogP contribution is 2.19. The van der Waals surface area contributed by atoms with Crippen LogP contribution in [0, 0.1) is 11.7 Å². The van der Waals surface area contributed by atoms with E-state index >= 15 is 0 Å². The molecule has 0 amide bonds. The third-order valence-corrected chi connectivity index (χ3v) is 5.48. The Labute approximate surface area is 201 Å². The molecule has 0 fully saturated rings. The van der Waals surface area contributed by atoms with E-state index in [4.69, 9.17) is 9.41 Å². The van der Waals surface area contributed by atoms with Crippen LogP contribution in [-0.4, -0.2) is 24.1 Å². The molecule has 6 heteroatoms. The van der Waals surface area contributed by atoms with Gasteiger partial charge in [0, 0.05) is 28.9 Å². The maximum absolute atomic E-state index is 13.1. The Balaban J connectivity index is 1.62. The zero-order valence-corrected chi connectivity index (χ0v) is 20.2. The average molecular weight is 461 g/mol. The Morgan fingerprint density at radius 1 is 1.12 bits per heavy atom. The molecule has 0 atom stereocenters. The molecule has 5 nitrogen and oxygen atoms in total. The van der Waals surface area contributed by atoms with E-state index in [2.05, 4.69) is 48.0 Å². The summed E-state index contributed by atoms with van der Waals surface area (Å²) in [7, 11) is 0. The molecule has 1 N–H and O–H groups in total. The third kappa shape index (κ3) is 7.51. The van der Waals surface area contributed by atoms with E-state index in [9.17, 15) is 4.39 Å². The van der Waals surface area contributed by atoms with E-state index in [0.29, 0.717) is 12.5 Å². The minimum absolute atomic E-state index is 0.328. The summed E-state index contributed by atoms with van der Waals surface area (Å²) in [4.78, 5) is 13.2. The summed E-state index contributed by atoms with van der Waals surface area (Å²) in [5, 5.41) is 3.54. The number of aromatic nitrogens is 1. The Bertz CT molecular complexity index is 1100. The Morgan fingerprint density at radius 2 is 1.91 bits per heavy atom. The van der Waals surface area contributed by atoms with Crippen molar-refractivity contribution in [3.05, 3.63) is 89.4 Å². The number of nitrogens with one attached hydrogen (secondary N) is 1. The molecule has 0 bridgehead atoms. The summed E-state index contributed by atoms with van der Waals surface area (Å²) in [5.74, 6) is 1.02. The average Bonchev–Trinajstić information content (AvgIpc) is 3.36. The quantitative estimate of drug-likeness (QED) is 0.199. The topological polar surface area (TPSA) is 62.8 Å². The number of nitrogens with zero attached hydrogens (tertiary/aromatic N) is 3. The highest BCUT2D eigenvalue weighted by Gasteiger charge is 2.13. The van der Waals surface area contributed by atoms with Crippen LogP contribution in [0.3, 0.4) is 0 Å². The zero-order chi connectivity index (χ0) is 24.3. The van der Waals surface area contributed by atoms with Gasteiger partial charge in [0.15, 0.2) is 0 Å². The molecule has 0 aliphatic heterocycles. The van der Waals surface area contributed by atoms with Crippen molar-refractivity contribution in [3.8, 4) is 11.3 Å². The fraction of sp³-hybridized carbons (Fsp3) is 0.321. The van der Waals surface area contributed by atoms with Gasteiger partial charge in [-0.15, -0.1) is 0 Å². The second-order valence-corrected chi connectivity index (χ2v) is 8.71. The lowest BCUT2D eigenvalue weighted by Gasteiger charge is -2.17. The van der Waals surface area contributed by atoms with Gasteiger partial charge in [-0.3, -0.25) is 15.0 Å². The van der Waals surface area contributed by atoms with E-state index < -0.39 is 0 Å². The number of pyridine rings is 1. The molecule has 0 aliphatic rings. The van der Waals surface area contributed by atoms with Crippen LogP contribution in [-0.2, 0) is 13.0 Å². The van der Waals surface area contributed by atoms with Crippen molar-refractivity contribution in [2.75, 3.05) is 6.54 Å². The van der Waals surface area contributed by atoms with E-state index in [0.717, 1.165) is 59.7 Å². The van der Waals surface area contributed by atoms with Crippen molar-refractivity contribution in [3.63, 3.8) is 0 Å². The summed E-state index contributed by atoms with van der Waals surface area (Å²) in [6, 6.07) is 13.3. The summed E-state index contributed by atoms with van der Waals surface area (Å²) >= 11 is 0. The lowest BCUT2D eigenvalue weighted by Crippen LogP contribution is -2.28. The molecular weight excluding hydrogens is 427 g/mol. The molecule has 2 aromatic heterocycles. The van der Waals surface area contributed by atoms with Gasteiger partial charge < -0.3 is 9.73 Å². The van der Waals surface area contributed by atoms with Gasteiger partial charge in [-0.1, -0.05) is 38.1 Å². The molecule has 178 valence electrons. The van der Waals surface area contributed by atoms with Crippen LogP contribution in [0.4, 0.5) is 4.39 Å². The number of hydrogen-bond acceptors (Lipinski definition) is 4. The van der Waals surface area contributed by atoms with Crippen LogP contribution in [0.15, 0.2) is 86.9 Å². The van der Waals surface area contributed by atoms with Crippen LogP contribution >= 0.6 is 0 Å². The number of amidine groups is 1. The van der Waals surface area contributed by atoms with Gasteiger partial charge in [-0.25, -0.2) is 4.39 Å². The first-order valence-electron chi connectivity index (χ1n) is 11.6. The summed E-state index contributed by atoms with van der Waals surface area (Å²) < 4.78 is 18.3. The maximum Gasteiger partial charge on any atom is 0.141 e. The predicted molar refractivity (Wildman–Crippen MR) is 138 cm³/mol. The first-order chi connectivity index (χ1) is 16.5. The first-order valence-corrected chi connectivity index (χ1v) is 11.6. The van der Waals surface area contributed by atoms with Crippen LogP contribution in [0.25, 0.3) is 11.3 Å². The molecule has 0 saturated heterocycles. The first kappa shape index (κ1) is 25.1. The fourth-order valence-corrected chi connectivity index (χ4v) is 3.62. The second kappa shape index (κ2) is 12.6. The molecule has 3 aromatic rings. The summed E-state index contributed by atoms with van der Waals surface area (Å²) in [6.45, 7) is 11.4. The largest absolute Gasteiger partial charge is 0.472 e. The van der Waals surface area contributed by atoms with Gasteiger partial charge in [0.2, 0.25) is 0 Å². The van der Waals surface area contributed by atoms with Crippen molar-refractivity contribution in [2.45, 2.75) is 46.6 Å². The fourth-order valence-electron chi connectivity index (χ4n) is 3.62. The molecule has 0 aliphatic carbocycles. The smallest absolute Gasteiger partial charge is 0.141 e. The van der Waals surface area contributed by atoms with Crippen LogP contribution in [0.5, 0.6) is 0 Å². The highest BCUT2D eigenvalue weighted by atomic mass is 19.1. The Morgan fingerprint density at radius 3 is 2.53 bits per heavy atom. The van der Waals surface area contributed by atoms with Crippen molar-refractivity contribution >= 4 is 12.6 Å². The van der Waals surface area contributed by atoms with Crippen LogP contribution in [0.2, 0.25) is 0 Å². The molecular formula is C28H33FN4O. The number of hydrogen-bond donors (Lipinski definition) is 1. The Hall–Kier alpha value is -3.54. The van der Waals surface area contributed by atoms with Gasteiger partial charge in [-0.05, 0) is 62.6 Å².